The van der Waals surface area contributed by atoms with E-state index in [2.05, 4.69) is 28.8 Å². The summed E-state index contributed by atoms with van der Waals surface area (Å²) in [5.41, 5.74) is 3.95. The lowest BCUT2D eigenvalue weighted by molar-refractivity contribution is -0.132. The number of carbonyl (C=O) groups excluding carboxylic acids is 1. The summed E-state index contributed by atoms with van der Waals surface area (Å²) in [6.45, 7) is 5.18. The number of hydrogen-bond donors (Lipinski definition) is 0. The first-order chi connectivity index (χ1) is 17.9. The van der Waals surface area contributed by atoms with Gasteiger partial charge in [-0.1, -0.05) is 25.1 Å². The molecule has 196 valence electrons. The van der Waals surface area contributed by atoms with E-state index in [0.29, 0.717) is 44.8 Å². The number of amides is 1. The van der Waals surface area contributed by atoms with Crippen molar-refractivity contribution in [2.45, 2.75) is 82.7 Å². The van der Waals surface area contributed by atoms with Gasteiger partial charge in [0.25, 0.3) is 0 Å². The average molecular weight is 509 g/mol. The predicted octanol–water partition coefficient (Wildman–Crippen LogP) is 6.04. The summed E-state index contributed by atoms with van der Waals surface area (Å²) in [7, 11) is 0. The molecule has 0 unspecified atom stereocenters. The number of carbonyl (C=O) groups is 1. The molecule has 2 fully saturated rings. The van der Waals surface area contributed by atoms with Crippen LogP contribution in [0.1, 0.15) is 80.9 Å². The Morgan fingerprint density at radius 3 is 2.65 bits per heavy atom. The molecule has 1 amide bonds. The van der Waals surface area contributed by atoms with Crippen LogP contribution in [0.15, 0.2) is 30.5 Å². The minimum atomic E-state index is -2.58. The number of fused-ring (bicyclic) bond motifs is 2. The number of benzene rings is 1. The highest BCUT2D eigenvalue weighted by atomic mass is 19.3. The fourth-order valence-electron chi connectivity index (χ4n) is 6.27. The van der Waals surface area contributed by atoms with Crippen LogP contribution in [0.25, 0.3) is 22.0 Å². The van der Waals surface area contributed by atoms with Gasteiger partial charge in [-0.2, -0.15) is 0 Å². The van der Waals surface area contributed by atoms with Gasteiger partial charge >= 0.3 is 0 Å². The van der Waals surface area contributed by atoms with E-state index in [1.54, 1.807) is 0 Å². The van der Waals surface area contributed by atoms with Gasteiger partial charge in [-0.05, 0) is 37.1 Å². The number of ether oxygens (including phenoxy) is 1. The monoisotopic (exact) mass is 508 g/mol. The summed E-state index contributed by atoms with van der Waals surface area (Å²) >= 11 is 0. The van der Waals surface area contributed by atoms with Crippen LogP contribution in [0.5, 0.6) is 0 Å². The summed E-state index contributed by atoms with van der Waals surface area (Å²) in [6, 6.07) is 8.42. The second-order valence-electron chi connectivity index (χ2n) is 10.7. The molecule has 0 radical (unpaired) electrons. The van der Waals surface area contributed by atoms with Crippen LogP contribution in [0.4, 0.5) is 8.78 Å². The van der Waals surface area contributed by atoms with Gasteiger partial charge in [0.2, 0.25) is 11.8 Å². The Morgan fingerprint density at radius 1 is 1.11 bits per heavy atom. The quantitative estimate of drug-likeness (QED) is 0.431. The maximum absolute atomic E-state index is 13.9. The van der Waals surface area contributed by atoms with Crippen LogP contribution in [0, 0.1) is 0 Å². The Balaban J connectivity index is 1.42. The van der Waals surface area contributed by atoms with Crippen molar-refractivity contribution in [3.05, 3.63) is 47.7 Å². The van der Waals surface area contributed by atoms with E-state index >= 15 is 0 Å². The normalized spacial score (nSPS) is 20.8. The summed E-state index contributed by atoms with van der Waals surface area (Å²) in [4.78, 5) is 24.5. The number of rotatable bonds is 4. The molecule has 0 spiro atoms. The molecule has 2 aromatic heterocycles. The predicted molar refractivity (Wildman–Crippen MR) is 138 cm³/mol. The topological polar surface area (TPSA) is 60.2 Å². The molecular weight excluding hydrogens is 474 g/mol. The molecule has 1 saturated heterocycles. The number of imidazole rings is 1. The summed E-state index contributed by atoms with van der Waals surface area (Å²) in [5, 5.41) is 2.15. The zero-order valence-corrected chi connectivity index (χ0v) is 21.4. The van der Waals surface area contributed by atoms with Crippen molar-refractivity contribution in [1.29, 1.82) is 0 Å². The number of nitrogens with zero attached hydrogens (tertiary/aromatic N) is 4. The number of pyridine rings is 1. The molecule has 1 aliphatic carbocycles. The first-order valence-corrected chi connectivity index (χ1v) is 13.6. The Bertz CT molecular complexity index is 1300. The largest absolute Gasteiger partial charge is 0.381 e. The molecular formula is C29H34F2N4O2. The van der Waals surface area contributed by atoms with Gasteiger partial charge in [0, 0.05) is 80.2 Å². The lowest BCUT2D eigenvalue weighted by Gasteiger charge is -2.32. The Kier molecular flexibility index (Phi) is 6.47. The van der Waals surface area contributed by atoms with Crippen LogP contribution in [0.2, 0.25) is 0 Å². The van der Waals surface area contributed by atoms with Crippen molar-refractivity contribution in [2.24, 2.45) is 0 Å². The van der Waals surface area contributed by atoms with Crippen molar-refractivity contribution in [1.82, 2.24) is 19.4 Å². The molecule has 0 N–H and O–H groups in total. The van der Waals surface area contributed by atoms with Crippen molar-refractivity contribution in [3.8, 4) is 11.3 Å². The SMILES string of the molecule is CCC(=O)N1CCn2c(C3CCC(F)(F)CC3)nc(-c3cccc4cc(C5CCOCC5)ncc34)c2C1. The zero-order chi connectivity index (χ0) is 25.6. The van der Waals surface area contributed by atoms with Crippen LogP contribution >= 0.6 is 0 Å². The van der Waals surface area contributed by atoms with Gasteiger partial charge in [-0.25, -0.2) is 13.8 Å². The second-order valence-corrected chi connectivity index (χ2v) is 10.7. The van der Waals surface area contributed by atoms with Crippen LogP contribution < -0.4 is 0 Å². The molecule has 8 heteroatoms. The number of halogens is 2. The van der Waals surface area contributed by atoms with Crippen molar-refractivity contribution < 1.29 is 18.3 Å². The van der Waals surface area contributed by atoms with Crippen molar-refractivity contribution in [2.75, 3.05) is 19.8 Å². The number of hydrogen-bond acceptors (Lipinski definition) is 4. The lowest BCUT2D eigenvalue weighted by atomic mass is 9.86. The molecule has 1 aromatic carbocycles. The Morgan fingerprint density at radius 2 is 1.89 bits per heavy atom. The van der Waals surface area contributed by atoms with Crippen LogP contribution in [0.3, 0.4) is 0 Å². The average Bonchev–Trinajstić information content (AvgIpc) is 3.31. The molecule has 1 saturated carbocycles. The molecule has 2 aliphatic heterocycles. The molecule has 0 bridgehead atoms. The molecule has 6 nitrogen and oxygen atoms in total. The highest BCUT2D eigenvalue weighted by molar-refractivity contribution is 5.96. The van der Waals surface area contributed by atoms with Crippen LogP contribution in [-0.2, 0) is 22.6 Å². The van der Waals surface area contributed by atoms with E-state index in [1.165, 1.54) is 0 Å². The van der Waals surface area contributed by atoms with Crippen LogP contribution in [-0.4, -0.2) is 51.0 Å². The fourth-order valence-corrected chi connectivity index (χ4v) is 6.27. The maximum atomic E-state index is 13.9. The maximum Gasteiger partial charge on any atom is 0.248 e. The van der Waals surface area contributed by atoms with E-state index in [-0.39, 0.29) is 24.7 Å². The highest BCUT2D eigenvalue weighted by Gasteiger charge is 2.38. The molecule has 3 aromatic rings. The Hall–Kier alpha value is -2.87. The van der Waals surface area contributed by atoms with Gasteiger partial charge in [-0.3, -0.25) is 9.78 Å². The fraction of sp³-hybridized carbons (Fsp3) is 0.552. The van der Waals surface area contributed by atoms with E-state index in [4.69, 9.17) is 14.7 Å². The molecule has 4 heterocycles. The smallest absolute Gasteiger partial charge is 0.248 e. The zero-order valence-electron chi connectivity index (χ0n) is 21.4. The van der Waals surface area contributed by atoms with Gasteiger partial charge in [0.05, 0.1) is 17.9 Å². The standard InChI is InChI=1S/C29H34F2N4O2/c1-2-26(36)34-12-13-35-25(18-34)27(33-28(35)20-6-10-29(30,31)11-7-20)22-5-3-4-21-16-24(32-17-23(21)22)19-8-14-37-15-9-19/h3-5,16-17,19-20H,2,6-15,18H2,1H3. The third-order valence-electron chi connectivity index (χ3n) is 8.45. The second kappa shape index (κ2) is 9.78. The highest BCUT2D eigenvalue weighted by Crippen LogP contribution is 2.43. The Labute approximate surface area is 216 Å². The van der Waals surface area contributed by atoms with E-state index in [9.17, 15) is 13.6 Å². The summed E-state index contributed by atoms with van der Waals surface area (Å²) in [6.07, 6.45) is 5.07. The van der Waals surface area contributed by atoms with Gasteiger partial charge in [0.1, 0.15) is 5.82 Å². The van der Waals surface area contributed by atoms with Gasteiger partial charge in [-0.15, -0.1) is 0 Å². The number of aromatic nitrogens is 3. The van der Waals surface area contributed by atoms with E-state index in [1.807, 2.05) is 18.0 Å². The number of alkyl halides is 2. The molecule has 3 aliphatic rings. The molecule has 0 atom stereocenters. The summed E-state index contributed by atoms with van der Waals surface area (Å²) < 4.78 is 35.6. The minimum Gasteiger partial charge on any atom is -0.381 e. The van der Waals surface area contributed by atoms with Crippen molar-refractivity contribution in [3.63, 3.8) is 0 Å². The third-order valence-corrected chi connectivity index (χ3v) is 8.45. The molecule has 6 rings (SSSR count). The minimum absolute atomic E-state index is 0.00813. The lowest BCUT2D eigenvalue weighted by Crippen LogP contribution is -2.38. The van der Waals surface area contributed by atoms with E-state index < -0.39 is 5.92 Å². The van der Waals surface area contributed by atoms with Crippen molar-refractivity contribution >= 4 is 16.7 Å². The third kappa shape index (κ3) is 4.65. The van der Waals surface area contributed by atoms with Gasteiger partial charge < -0.3 is 14.2 Å². The first kappa shape index (κ1) is 24.5. The molecule has 37 heavy (non-hydrogen) atoms. The van der Waals surface area contributed by atoms with Gasteiger partial charge in [0.15, 0.2) is 0 Å². The van der Waals surface area contributed by atoms with E-state index in [0.717, 1.165) is 65.3 Å². The summed E-state index contributed by atoms with van der Waals surface area (Å²) in [5.74, 6) is -1.14. The first-order valence-electron chi connectivity index (χ1n) is 13.6.